The molecule has 1 saturated heterocycles. The average Bonchev–Trinajstić information content (AvgIpc) is 4.08. The van der Waals surface area contributed by atoms with Crippen LogP contribution < -0.4 is 15.0 Å². The lowest BCUT2D eigenvalue weighted by atomic mass is 9.64. The molecule has 7 atom stereocenters. The number of fused-ring (bicyclic) bond motifs is 2. The molecule has 0 aliphatic carbocycles. The molecule has 8 rings (SSSR count). The molecule has 2 aromatic heterocycles. The van der Waals surface area contributed by atoms with E-state index < -0.39 is 68.2 Å². The van der Waals surface area contributed by atoms with Crippen LogP contribution in [0, 0.1) is 11.3 Å². The van der Waals surface area contributed by atoms with Crippen LogP contribution in [0.3, 0.4) is 0 Å². The minimum atomic E-state index is -2.13. The second-order valence-corrected chi connectivity index (χ2v) is 20.0. The van der Waals surface area contributed by atoms with E-state index in [9.17, 15) is 24.8 Å². The van der Waals surface area contributed by atoms with Gasteiger partial charge in [0, 0.05) is 26.2 Å². The van der Waals surface area contributed by atoms with Crippen molar-refractivity contribution in [2.75, 3.05) is 34.9 Å². The zero-order chi connectivity index (χ0) is 52.8. The molecule has 0 bridgehead atoms. The predicted molar refractivity (Wildman–Crippen MR) is 278 cm³/mol. The fourth-order valence-electron chi connectivity index (χ4n) is 9.80. The molecule has 0 saturated carbocycles. The number of rotatable bonds is 22. The fourth-order valence-corrected chi connectivity index (χ4v) is 11.5. The lowest BCUT2D eigenvalue weighted by Crippen LogP contribution is -2.54. The molecule has 388 valence electrons. The fraction of sp³-hybridized carbons (Fsp3) is 0.389. The summed E-state index contributed by atoms with van der Waals surface area (Å²) in [6.07, 6.45) is -5.22. The van der Waals surface area contributed by atoms with Crippen LogP contribution in [0.4, 0.5) is 5.95 Å². The Morgan fingerprint density at radius 2 is 1.43 bits per heavy atom. The number of hydrogen-bond donors (Lipinski definition) is 2. The zero-order valence-electron chi connectivity index (χ0n) is 42.9. The monoisotopic (exact) mass is 1030 g/mol. The van der Waals surface area contributed by atoms with Gasteiger partial charge < -0.3 is 38.0 Å². The first-order valence-corrected chi connectivity index (χ1v) is 25.5. The number of aliphatic hydroxyl groups is 1. The Balaban J connectivity index is 1.41. The van der Waals surface area contributed by atoms with E-state index >= 15 is 0 Å². The van der Waals surface area contributed by atoms with E-state index in [4.69, 9.17) is 33.0 Å². The molecule has 74 heavy (non-hydrogen) atoms. The molecule has 20 heteroatoms. The first kappa shape index (κ1) is 53.4. The highest BCUT2D eigenvalue weighted by Crippen LogP contribution is 2.54. The number of imide groups is 1. The molecule has 1 fully saturated rings. The van der Waals surface area contributed by atoms with Gasteiger partial charge in [-0.25, -0.2) is 19.5 Å². The Labute approximate surface area is 431 Å². The third-order valence-corrected chi connectivity index (χ3v) is 15.2. The molecule has 2 amide bonds. The number of carbonyl (C=O) groups excluding carboxylic acids is 2. The summed E-state index contributed by atoms with van der Waals surface area (Å²) in [7, 11) is 4.56. The van der Waals surface area contributed by atoms with E-state index in [2.05, 4.69) is 21.0 Å². The minimum absolute atomic E-state index is 0.00126. The maximum absolute atomic E-state index is 14.3. The number of H-pyrrole nitrogens is 1. The van der Waals surface area contributed by atoms with Crippen LogP contribution in [0.1, 0.15) is 91.1 Å². The molecule has 2 aliphatic heterocycles. The standard InChI is InChI=1S/C54H62N9O10P/c1-10-42(62-50(66)40-19-14-15-20-41(40)51(62)67)71-46-44(73-74(70-30-16-29-55)63(33(2)3)34(4)5)45(72-52(46)61-32-56-43-48(61)58-53(59-49(43)65)57-31-60(6)7)47(64)54(35-17-12-11-13-18-35,36-21-25-38(68-8)26-22-36)37-23-27-39(69-9)28-24-37/h11-15,17-28,31-34,42,44-47,52,64H,10,16,30H2,1-9H3,(H,58,59,65)/t42?,44-,45+,46-,47?,52-,74?/m1/s1. The van der Waals surface area contributed by atoms with Crippen LogP contribution in [0.2, 0.25) is 0 Å². The molecule has 4 aromatic carbocycles. The molecule has 0 spiro atoms. The lowest BCUT2D eigenvalue weighted by molar-refractivity contribution is -0.131. The van der Waals surface area contributed by atoms with Crippen LogP contribution in [-0.4, -0.2) is 135 Å². The number of ether oxygens (including phenoxy) is 4. The topological polar surface area (TPSA) is 219 Å². The van der Waals surface area contributed by atoms with Crippen molar-refractivity contribution in [3.05, 3.63) is 148 Å². The van der Waals surface area contributed by atoms with Crippen LogP contribution in [-0.2, 0) is 23.9 Å². The van der Waals surface area contributed by atoms with Gasteiger partial charge in [-0.05, 0) is 87.2 Å². The second-order valence-electron chi connectivity index (χ2n) is 18.6. The summed E-state index contributed by atoms with van der Waals surface area (Å²) in [5.74, 6) is 0.0217. The van der Waals surface area contributed by atoms with E-state index in [0.717, 1.165) is 4.90 Å². The number of aliphatic imine (C=N–C) groups is 1. The highest BCUT2D eigenvalue weighted by molar-refractivity contribution is 7.44. The SMILES string of the molecule is CCC(O[C@@H]1[C@H](OP(OCCC#N)N(C(C)C)C(C)C)[C@@H](C(O)C(c2ccccc2)(c2ccc(OC)cc2)c2ccc(OC)cc2)O[C@H]1n1cnc2c(=O)[nH]c(N=CN(C)C)nc21)N1C(=O)c2ccccc2C1=O. The average molecular weight is 1030 g/mol. The zero-order valence-corrected chi connectivity index (χ0v) is 43.8. The van der Waals surface area contributed by atoms with Crippen LogP contribution in [0.5, 0.6) is 11.5 Å². The van der Waals surface area contributed by atoms with E-state index in [1.165, 1.54) is 17.2 Å². The van der Waals surface area contributed by atoms with Gasteiger partial charge in [0.2, 0.25) is 5.95 Å². The molecule has 2 aliphatic rings. The molecule has 0 radical (unpaired) electrons. The smallest absolute Gasteiger partial charge is 0.280 e. The molecule has 4 heterocycles. The summed E-state index contributed by atoms with van der Waals surface area (Å²) in [5.41, 5.74) is 0.341. The van der Waals surface area contributed by atoms with Crippen molar-refractivity contribution in [1.29, 1.82) is 5.26 Å². The number of nitrogens with zero attached hydrogens (tertiary/aromatic N) is 8. The van der Waals surface area contributed by atoms with Crippen LogP contribution >= 0.6 is 8.53 Å². The van der Waals surface area contributed by atoms with Gasteiger partial charge in [0.05, 0.1) is 62.5 Å². The van der Waals surface area contributed by atoms with Gasteiger partial charge >= 0.3 is 0 Å². The summed E-state index contributed by atoms with van der Waals surface area (Å²) < 4.78 is 43.4. The summed E-state index contributed by atoms with van der Waals surface area (Å²) in [4.78, 5) is 61.6. The molecular weight excluding hydrogens is 966 g/mol. The third-order valence-electron chi connectivity index (χ3n) is 13.1. The van der Waals surface area contributed by atoms with Crippen molar-refractivity contribution < 1.29 is 42.7 Å². The van der Waals surface area contributed by atoms with Gasteiger partial charge in [0.25, 0.3) is 25.9 Å². The first-order chi connectivity index (χ1) is 35.7. The number of nitrogens with one attached hydrogen (secondary N) is 1. The number of hydrogen-bond acceptors (Lipinski definition) is 15. The number of methoxy groups -OCH3 is 2. The van der Waals surface area contributed by atoms with Crippen molar-refractivity contribution in [3.8, 4) is 17.6 Å². The Bertz CT molecular complexity index is 2940. The number of nitriles is 1. The molecule has 2 N–H and O–H groups in total. The Kier molecular flexibility index (Phi) is 16.7. The van der Waals surface area contributed by atoms with Gasteiger partial charge in [-0.1, -0.05) is 73.7 Å². The Morgan fingerprint density at radius 3 is 1.96 bits per heavy atom. The van der Waals surface area contributed by atoms with Gasteiger partial charge in [-0.3, -0.25) is 23.9 Å². The normalized spacial score (nSPS) is 19.2. The maximum Gasteiger partial charge on any atom is 0.280 e. The van der Waals surface area contributed by atoms with Gasteiger partial charge in [-0.2, -0.15) is 10.2 Å². The summed E-state index contributed by atoms with van der Waals surface area (Å²) in [6, 6.07) is 32.7. The summed E-state index contributed by atoms with van der Waals surface area (Å²) in [6.45, 7) is 9.79. The highest BCUT2D eigenvalue weighted by atomic mass is 31.2. The van der Waals surface area contributed by atoms with Crippen molar-refractivity contribution in [3.63, 3.8) is 0 Å². The number of amides is 2. The van der Waals surface area contributed by atoms with Gasteiger partial charge in [0.15, 0.2) is 17.4 Å². The number of carbonyl (C=O) groups is 2. The first-order valence-electron chi connectivity index (χ1n) is 24.4. The Morgan fingerprint density at radius 1 is 0.865 bits per heavy atom. The van der Waals surface area contributed by atoms with Crippen LogP contribution in [0.15, 0.2) is 119 Å². The van der Waals surface area contributed by atoms with E-state index in [-0.39, 0.29) is 59.8 Å². The summed E-state index contributed by atoms with van der Waals surface area (Å²) >= 11 is 0. The second kappa shape index (κ2) is 23.1. The van der Waals surface area contributed by atoms with Gasteiger partial charge in [0.1, 0.15) is 42.1 Å². The summed E-state index contributed by atoms with van der Waals surface area (Å²) in [5, 5.41) is 23.9. The third kappa shape index (κ3) is 10.3. The lowest BCUT2D eigenvalue weighted by Gasteiger charge is -2.44. The van der Waals surface area contributed by atoms with Crippen molar-refractivity contribution in [2.45, 2.75) is 102 Å². The van der Waals surface area contributed by atoms with Crippen molar-refractivity contribution >= 4 is 43.8 Å². The maximum atomic E-state index is 14.3. The predicted octanol–water partition coefficient (Wildman–Crippen LogP) is 7.73. The van der Waals surface area contributed by atoms with Crippen molar-refractivity contribution in [2.24, 2.45) is 4.99 Å². The van der Waals surface area contributed by atoms with Crippen LogP contribution in [0.25, 0.3) is 11.2 Å². The van der Waals surface area contributed by atoms with E-state index in [1.54, 1.807) is 64.4 Å². The molecule has 19 nitrogen and oxygen atoms in total. The highest BCUT2D eigenvalue weighted by Gasteiger charge is 2.59. The molecular formula is C54H62N9O10P. The number of benzene rings is 4. The quantitative estimate of drug-likeness (QED) is 0.0166. The largest absolute Gasteiger partial charge is 0.497 e. The van der Waals surface area contributed by atoms with Gasteiger partial charge in [-0.15, -0.1) is 0 Å². The molecule has 3 unspecified atom stereocenters. The molecule has 6 aromatic rings. The van der Waals surface area contributed by atoms with E-state index in [1.807, 2.05) is 111 Å². The van der Waals surface area contributed by atoms with Crippen molar-refractivity contribution in [1.82, 2.24) is 34.0 Å². The number of aromatic amines is 1. The van der Waals surface area contributed by atoms with E-state index in [0.29, 0.717) is 28.2 Å². The number of aromatic nitrogens is 4. The Hall–Kier alpha value is -6.88. The number of imidazole rings is 1. The number of aliphatic hydroxyl groups excluding tert-OH is 1. The minimum Gasteiger partial charge on any atom is -0.497 e.